The van der Waals surface area contributed by atoms with Crippen molar-refractivity contribution in [1.82, 2.24) is 15.3 Å². The van der Waals surface area contributed by atoms with Gasteiger partial charge in [0.1, 0.15) is 5.76 Å². The Labute approximate surface area is 161 Å². The molecule has 0 saturated carbocycles. The Balaban J connectivity index is 1.70. The van der Waals surface area contributed by atoms with Crippen LogP contribution in [0.2, 0.25) is 0 Å². The molecule has 0 fully saturated rings. The topological polar surface area (TPSA) is 59.0 Å². The largest absolute Gasteiger partial charge is 0.481 e. The van der Waals surface area contributed by atoms with Crippen LogP contribution < -0.4 is 10.2 Å². The van der Waals surface area contributed by atoms with E-state index in [1.54, 1.807) is 6.20 Å². The van der Waals surface area contributed by atoms with Crippen LogP contribution in [0.3, 0.4) is 0 Å². The third-order valence-corrected chi connectivity index (χ3v) is 4.12. The molecule has 0 spiro atoms. The molecule has 0 radical (unpaired) electrons. The van der Waals surface area contributed by atoms with Gasteiger partial charge in [0.15, 0.2) is 24.2 Å². The van der Waals surface area contributed by atoms with Gasteiger partial charge in [-0.25, -0.2) is 4.98 Å². The van der Waals surface area contributed by atoms with E-state index in [2.05, 4.69) is 15.5 Å². The van der Waals surface area contributed by atoms with E-state index in [4.69, 9.17) is 9.47 Å². The second-order valence-electron chi connectivity index (χ2n) is 6.27. The quantitative estimate of drug-likeness (QED) is 0.734. The molecule has 12 heteroatoms. The lowest BCUT2D eigenvalue weighted by Crippen LogP contribution is -2.42. The van der Waals surface area contributed by atoms with Gasteiger partial charge in [0.2, 0.25) is 5.88 Å². The van der Waals surface area contributed by atoms with E-state index in [0.29, 0.717) is 11.4 Å². The van der Waals surface area contributed by atoms with Crippen LogP contribution in [-0.4, -0.2) is 46.4 Å². The van der Waals surface area contributed by atoms with Gasteiger partial charge in [-0.05, 0) is 32.1 Å². The average molecular weight is 422 g/mol. The van der Waals surface area contributed by atoms with Crippen molar-refractivity contribution in [3.63, 3.8) is 0 Å². The van der Waals surface area contributed by atoms with Gasteiger partial charge in [0.25, 0.3) is 0 Å². The molecule has 3 unspecified atom stereocenters. The molecule has 0 saturated heterocycles. The van der Waals surface area contributed by atoms with Gasteiger partial charge in [-0.1, -0.05) is 0 Å². The summed E-state index contributed by atoms with van der Waals surface area (Å²) in [5, 5.41) is 4.08. The summed E-state index contributed by atoms with van der Waals surface area (Å²) >= 11 is 0. The molecule has 3 atom stereocenters. The highest BCUT2D eigenvalue weighted by atomic mass is 19.4. The first-order chi connectivity index (χ1) is 13.5. The zero-order chi connectivity index (χ0) is 21.4. The minimum Gasteiger partial charge on any atom is -0.481 e. The molecule has 1 aromatic rings. The molecule has 2 aliphatic rings. The number of halogens is 6. The minimum atomic E-state index is -4.53. The molecular weight excluding hydrogens is 406 g/mol. The normalized spacial score (nSPS) is 21.0. The van der Waals surface area contributed by atoms with Gasteiger partial charge >= 0.3 is 12.4 Å². The van der Waals surface area contributed by atoms with Crippen LogP contribution in [0.15, 0.2) is 47.5 Å². The highest BCUT2D eigenvalue weighted by molar-refractivity contribution is 6.00. The van der Waals surface area contributed by atoms with Crippen LogP contribution >= 0.6 is 0 Å². The number of rotatable bonds is 5. The molecule has 29 heavy (non-hydrogen) atoms. The SMILES string of the molecule is CC(OC1=CC=CN2C(c3ccc(OC(C)C(F)(F)F)nc3)=NNC12)C(F)(F)F. The van der Waals surface area contributed by atoms with Crippen molar-refractivity contribution >= 4 is 5.84 Å². The first-order valence-corrected chi connectivity index (χ1v) is 8.40. The Kier molecular flexibility index (Phi) is 5.37. The molecule has 3 heterocycles. The molecule has 0 bridgehead atoms. The van der Waals surface area contributed by atoms with Gasteiger partial charge in [0.05, 0.1) is 0 Å². The fourth-order valence-electron chi connectivity index (χ4n) is 2.46. The van der Waals surface area contributed by atoms with Crippen molar-refractivity contribution in [1.29, 1.82) is 0 Å². The second-order valence-corrected chi connectivity index (χ2v) is 6.27. The van der Waals surface area contributed by atoms with Crippen molar-refractivity contribution < 1.29 is 35.8 Å². The van der Waals surface area contributed by atoms with Crippen LogP contribution in [0.1, 0.15) is 19.4 Å². The van der Waals surface area contributed by atoms with Crippen LogP contribution in [0.25, 0.3) is 0 Å². The maximum atomic E-state index is 12.8. The van der Waals surface area contributed by atoms with Crippen molar-refractivity contribution in [2.24, 2.45) is 5.10 Å². The summed E-state index contributed by atoms with van der Waals surface area (Å²) in [4.78, 5) is 5.36. The summed E-state index contributed by atoms with van der Waals surface area (Å²) in [6, 6.07) is 2.69. The summed E-state index contributed by atoms with van der Waals surface area (Å²) in [6.45, 7) is 1.75. The maximum absolute atomic E-state index is 12.8. The van der Waals surface area contributed by atoms with E-state index in [9.17, 15) is 26.3 Å². The Bertz CT molecular complexity index is 832. The third kappa shape index (κ3) is 4.57. The summed E-state index contributed by atoms with van der Waals surface area (Å²) in [6.07, 6.45) is -8.17. The number of nitrogens with one attached hydrogen (secondary N) is 1. The Hall–Kier alpha value is -2.92. The fraction of sp³-hybridized carbons (Fsp3) is 0.412. The second kappa shape index (κ2) is 7.48. The summed E-state index contributed by atoms with van der Waals surface area (Å²) in [5.41, 5.74) is 3.09. The van der Waals surface area contributed by atoms with Gasteiger partial charge in [-0.3, -0.25) is 5.43 Å². The van der Waals surface area contributed by atoms with E-state index in [1.807, 2.05) is 0 Å². The predicted molar refractivity (Wildman–Crippen MR) is 89.5 cm³/mol. The molecule has 158 valence electrons. The standard InChI is InChI=1S/C17H16F6N4O2/c1-9(16(18,19)20)28-12-4-3-7-27-14(25-26-15(12)27)11-5-6-13(24-8-11)29-10(2)17(21,22)23/h3-10,15,26H,1-2H3. The number of hydrogen-bond donors (Lipinski definition) is 1. The zero-order valence-electron chi connectivity index (χ0n) is 15.1. The number of aromatic nitrogens is 1. The number of ether oxygens (including phenoxy) is 2. The number of hydrogen-bond acceptors (Lipinski definition) is 6. The molecule has 6 nitrogen and oxygen atoms in total. The Morgan fingerprint density at radius 2 is 1.69 bits per heavy atom. The smallest absolute Gasteiger partial charge is 0.425 e. The number of amidine groups is 1. The monoisotopic (exact) mass is 422 g/mol. The number of allylic oxidation sites excluding steroid dienone is 2. The first kappa shape index (κ1) is 20.8. The Morgan fingerprint density at radius 1 is 1.03 bits per heavy atom. The van der Waals surface area contributed by atoms with Crippen molar-refractivity contribution in [3.8, 4) is 5.88 Å². The number of alkyl halides is 6. The predicted octanol–water partition coefficient (Wildman–Crippen LogP) is 3.68. The molecular formula is C17H16F6N4O2. The third-order valence-electron chi connectivity index (χ3n) is 4.12. The molecule has 1 N–H and O–H groups in total. The number of nitrogens with zero attached hydrogens (tertiary/aromatic N) is 3. The molecule has 3 rings (SSSR count). The van der Waals surface area contributed by atoms with Crippen LogP contribution in [0.5, 0.6) is 5.88 Å². The minimum absolute atomic E-state index is 0.0167. The lowest BCUT2D eigenvalue weighted by Gasteiger charge is -2.30. The maximum Gasteiger partial charge on any atom is 0.425 e. The van der Waals surface area contributed by atoms with E-state index in [0.717, 1.165) is 13.8 Å². The van der Waals surface area contributed by atoms with E-state index in [-0.39, 0.29) is 11.6 Å². The van der Waals surface area contributed by atoms with Crippen molar-refractivity contribution in [3.05, 3.63) is 48.0 Å². The van der Waals surface area contributed by atoms with Crippen LogP contribution in [0.4, 0.5) is 26.3 Å². The van der Waals surface area contributed by atoms with Crippen molar-refractivity contribution in [2.45, 2.75) is 44.6 Å². The van der Waals surface area contributed by atoms with Crippen molar-refractivity contribution in [2.75, 3.05) is 0 Å². The van der Waals surface area contributed by atoms with E-state index >= 15 is 0 Å². The number of hydrazone groups is 1. The van der Waals surface area contributed by atoms with E-state index < -0.39 is 30.7 Å². The lowest BCUT2D eigenvalue weighted by atomic mass is 10.2. The first-order valence-electron chi connectivity index (χ1n) is 8.40. The van der Waals surface area contributed by atoms with Gasteiger partial charge in [-0.2, -0.15) is 31.4 Å². The Morgan fingerprint density at radius 3 is 2.28 bits per heavy atom. The van der Waals surface area contributed by atoms with Gasteiger partial charge in [0, 0.05) is 24.0 Å². The summed E-state index contributed by atoms with van der Waals surface area (Å²) in [5.74, 6) is 0.102. The number of pyridine rings is 1. The molecule has 2 aliphatic heterocycles. The van der Waals surface area contributed by atoms with Gasteiger partial charge in [-0.15, -0.1) is 0 Å². The lowest BCUT2D eigenvalue weighted by molar-refractivity contribution is -0.205. The van der Waals surface area contributed by atoms with Crippen LogP contribution in [-0.2, 0) is 4.74 Å². The molecule has 0 aromatic carbocycles. The molecule has 0 aliphatic carbocycles. The fourth-order valence-corrected chi connectivity index (χ4v) is 2.46. The van der Waals surface area contributed by atoms with Crippen LogP contribution in [0, 0.1) is 0 Å². The van der Waals surface area contributed by atoms with Gasteiger partial charge < -0.3 is 14.4 Å². The summed E-state index contributed by atoms with van der Waals surface area (Å²) < 4.78 is 85.8. The highest BCUT2D eigenvalue weighted by Gasteiger charge is 2.41. The summed E-state index contributed by atoms with van der Waals surface area (Å²) in [7, 11) is 0. The molecule has 0 amide bonds. The molecule has 1 aromatic heterocycles. The number of fused-ring (bicyclic) bond motifs is 1. The average Bonchev–Trinajstić information content (AvgIpc) is 3.06. The highest BCUT2D eigenvalue weighted by Crippen LogP contribution is 2.29. The van der Waals surface area contributed by atoms with E-state index in [1.165, 1.54) is 35.4 Å². The zero-order valence-corrected chi connectivity index (χ0v) is 15.1.